The predicted octanol–water partition coefficient (Wildman–Crippen LogP) is 9.38. The Hall–Kier alpha value is -6.96. The predicted molar refractivity (Wildman–Crippen MR) is 209 cm³/mol. The standard InChI is InChI=1S/C22H17N3O5.C20H19ClF3N3O2/c1-27-13-17(22(26)28-2)16-8-4-6-10-19(16)30-21-11-20(24-14-25-21)29-18-9-5-3-7-15(18)12-23;1-13(2)19(28,10-27-12-25-11-26-27)17-8-7-16(9-18(17)20(22,23)24)29-15-5-3-14(21)4-6-15/h3-11,13-14H,1-2H3;3-9,11-13,28H,10H2,1-2H3/b17-13+;. The van der Waals surface area contributed by atoms with Crippen LogP contribution in [-0.4, -0.2) is 50.0 Å². The van der Waals surface area contributed by atoms with E-state index in [2.05, 4.69) is 26.1 Å². The second-order valence-electron chi connectivity index (χ2n) is 12.7. The molecule has 0 saturated carbocycles. The number of para-hydroxylation sites is 2. The molecule has 1 atom stereocenters. The molecule has 0 fully saturated rings. The third kappa shape index (κ3) is 11.1. The smallest absolute Gasteiger partial charge is 0.416 e. The van der Waals surface area contributed by atoms with E-state index in [0.717, 1.165) is 6.07 Å². The van der Waals surface area contributed by atoms with Crippen LogP contribution >= 0.6 is 11.6 Å². The van der Waals surface area contributed by atoms with Crippen LogP contribution in [0.3, 0.4) is 0 Å². The summed E-state index contributed by atoms with van der Waals surface area (Å²) in [6.07, 6.45) is 0.461. The number of alkyl halides is 3. The van der Waals surface area contributed by atoms with Gasteiger partial charge in [-0.2, -0.15) is 23.5 Å². The molecule has 0 amide bonds. The third-order valence-corrected chi connectivity index (χ3v) is 8.76. The summed E-state index contributed by atoms with van der Waals surface area (Å²) in [5.74, 6) is 0.328. The van der Waals surface area contributed by atoms with Crippen molar-refractivity contribution >= 4 is 23.1 Å². The second-order valence-corrected chi connectivity index (χ2v) is 13.1. The van der Waals surface area contributed by atoms with E-state index in [1.807, 2.05) is 0 Å². The molecule has 2 heterocycles. The first kappa shape index (κ1) is 43.2. The number of carbonyl (C=O) groups excluding carboxylic acids is 1. The summed E-state index contributed by atoms with van der Waals surface area (Å²) < 4.78 is 69.8. The SMILES string of the molecule is CC(C)C(O)(Cn1cncn1)c1ccc(Oc2ccc(Cl)cc2)cc1C(F)(F)F.CO/C=C(/C(=O)OC)c1ccccc1Oc1cc(Oc2ccccc2C#N)ncn1. The molecule has 0 aliphatic rings. The van der Waals surface area contributed by atoms with Gasteiger partial charge >= 0.3 is 12.1 Å². The number of nitrogens with zero attached hydrogens (tertiary/aromatic N) is 6. The number of benzene rings is 4. The van der Waals surface area contributed by atoms with Crippen LogP contribution in [0.5, 0.6) is 34.8 Å². The van der Waals surface area contributed by atoms with Crippen molar-refractivity contribution in [3.8, 4) is 40.8 Å². The number of aromatic nitrogens is 5. The van der Waals surface area contributed by atoms with Crippen LogP contribution in [-0.2, 0) is 32.6 Å². The maximum Gasteiger partial charge on any atom is 0.416 e. The number of rotatable bonds is 13. The Labute approximate surface area is 341 Å². The molecule has 4 aromatic carbocycles. The third-order valence-electron chi connectivity index (χ3n) is 8.51. The van der Waals surface area contributed by atoms with Crippen LogP contribution in [0, 0.1) is 17.2 Å². The summed E-state index contributed by atoms with van der Waals surface area (Å²) in [6.45, 7) is 3.12. The highest BCUT2D eigenvalue weighted by atomic mass is 35.5. The monoisotopic (exact) mass is 828 g/mol. The van der Waals surface area contributed by atoms with Gasteiger partial charge in [-0.1, -0.05) is 61.8 Å². The van der Waals surface area contributed by atoms with Crippen LogP contribution in [0.2, 0.25) is 5.02 Å². The van der Waals surface area contributed by atoms with Gasteiger partial charge in [-0.05, 0) is 66.1 Å². The van der Waals surface area contributed by atoms with Crippen LogP contribution in [0.1, 0.15) is 36.1 Å². The lowest BCUT2D eigenvalue weighted by Gasteiger charge is -2.34. The number of aliphatic hydroxyl groups is 1. The number of esters is 1. The molecule has 6 aromatic rings. The highest BCUT2D eigenvalue weighted by Crippen LogP contribution is 2.43. The molecule has 13 nitrogen and oxygen atoms in total. The summed E-state index contributed by atoms with van der Waals surface area (Å²) >= 11 is 5.81. The quantitative estimate of drug-likeness (QED) is 0.0668. The van der Waals surface area contributed by atoms with Gasteiger partial charge in [-0.25, -0.2) is 24.4 Å². The molecule has 0 saturated heterocycles. The first-order chi connectivity index (χ1) is 28.2. The Kier molecular flexibility index (Phi) is 14.2. The fourth-order valence-electron chi connectivity index (χ4n) is 5.51. The number of methoxy groups -OCH3 is 2. The van der Waals surface area contributed by atoms with E-state index in [1.165, 1.54) is 62.3 Å². The minimum atomic E-state index is -4.69. The first-order valence-electron chi connectivity index (χ1n) is 17.5. The van der Waals surface area contributed by atoms with Crippen molar-refractivity contribution in [1.82, 2.24) is 24.7 Å². The van der Waals surface area contributed by atoms with Gasteiger partial charge in [-0.15, -0.1) is 0 Å². The van der Waals surface area contributed by atoms with E-state index < -0.39 is 29.2 Å². The Morgan fingerprint density at radius 1 is 0.864 bits per heavy atom. The Morgan fingerprint density at radius 2 is 1.51 bits per heavy atom. The number of hydrogen-bond donors (Lipinski definition) is 1. The molecule has 0 radical (unpaired) electrons. The van der Waals surface area contributed by atoms with E-state index in [4.69, 9.17) is 35.3 Å². The lowest BCUT2D eigenvalue weighted by Crippen LogP contribution is -2.39. The minimum absolute atomic E-state index is 0.00439. The number of halogens is 4. The summed E-state index contributed by atoms with van der Waals surface area (Å²) in [5, 5.41) is 24.8. The molecule has 304 valence electrons. The molecule has 1 N–H and O–H groups in total. The van der Waals surface area contributed by atoms with Crippen LogP contribution < -0.4 is 14.2 Å². The molecular weight excluding hydrogens is 793 g/mol. The lowest BCUT2D eigenvalue weighted by molar-refractivity contribution is -0.142. The molecule has 0 spiro atoms. The van der Waals surface area contributed by atoms with E-state index in [-0.39, 0.29) is 35.2 Å². The van der Waals surface area contributed by atoms with Gasteiger partial charge in [0.15, 0.2) is 0 Å². The Bertz CT molecular complexity index is 2420. The normalized spacial score (nSPS) is 12.3. The molecule has 6 rings (SSSR count). The van der Waals surface area contributed by atoms with Crippen molar-refractivity contribution in [3.05, 3.63) is 150 Å². The molecule has 0 aliphatic carbocycles. The average Bonchev–Trinajstić information content (AvgIpc) is 3.74. The minimum Gasteiger partial charge on any atom is -0.503 e. The van der Waals surface area contributed by atoms with Crippen molar-refractivity contribution in [2.45, 2.75) is 32.2 Å². The number of ether oxygens (including phenoxy) is 5. The zero-order valence-electron chi connectivity index (χ0n) is 31.9. The average molecular weight is 829 g/mol. The maximum absolute atomic E-state index is 13.9. The van der Waals surface area contributed by atoms with Crippen LogP contribution in [0.15, 0.2) is 122 Å². The van der Waals surface area contributed by atoms with E-state index in [1.54, 1.807) is 86.6 Å². The van der Waals surface area contributed by atoms with Crippen LogP contribution in [0.25, 0.3) is 5.57 Å². The molecule has 0 aliphatic heterocycles. The molecule has 1 unspecified atom stereocenters. The zero-order chi connectivity index (χ0) is 42.6. The summed E-state index contributed by atoms with van der Waals surface area (Å²) in [7, 11) is 2.71. The van der Waals surface area contributed by atoms with Crippen LogP contribution in [0.4, 0.5) is 13.2 Å². The molecular formula is C42H36ClF3N6O7. The van der Waals surface area contributed by atoms with Gasteiger partial charge in [0.25, 0.3) is 0 Å². The summed E-state index contributed by atoms with van der Waals surface area (Å²) in [5.41, 5.74) is -2.03. The largest absolute Gasteiger partial charge is 0.503 e. The van der Waals surface area contributed by atoms with Crippen molar-refractivity contribution < 1.29 is 46.8 Å². The topological polar surface area (TPSA) is 164 Å². The zero-order valence-corrected chi connectivity index (χ0v) is 32.7. The fraction of sp³-hybridized carbons (Fsp3) is 0.190. The number of hydrogen-bond acceptors (Lipinski definition) is 12. The second kappa shape index (κ2) is 19.5. The van der Waals surface area contributed by atoms with Crippen molar-refractivity contribution in [3.63, 3.8) is 0 Å². The molecule has 17 heteroatoms. The van der Waals surface area contributed by atoms with E-state index in [0.29, 0.717) is 33.4 Å². The maximum atomic E-state index is 13.9. The lowest BCUT2D eigenvalue weighted by atomic mass is 9.80. The summed E-state index contributed by atoms with van der Waals surface area (Å²) in [4.78, 5) is 24.1. The highest BCUT2D eigenvalue weighted by molar-refractivity contribution is 6.30. The van der Waals surface area contributed by atoms with Gasteiger partial charge in [0.05, 0.1) is 44.2 Å². The van der Waals surface area contributed by atoms with Gasteiger partial charge in [0, 0.05) is 10.6 Å². The van der Waals surface area contributed by atoms with Gasteiger partial charge in [0.1, 0.15) is 59.2 Å². The Balaban J connectivity index is 0.000000224. The van der Waals surface area contributed by atoms with E-state index in [9.17, 15) is 28.3 Å². The van der Waals surface area contributed by atoms with Crippen molar-refractivity contribution in [1.29, 1.82) is 5.26 Å². The first-order valence-corrected chi connectivity index (χ1v) is 17.9. The summed E-state index contributed by atoms with van der Waals surface area (Å²) in [6, 6.07) is 27.0. The van der Waals surface area contributed by atoms with E-state index >= 15 is 0 Å². The van der Waals surface area contributed by atoms with Crippen molar-refractivity contribution in [2.24, 2.45) is 5.92 Å². The van der Waals surface area contributed by atoms with Gasteiger partial charge < -0.3 is 28.8 Å². The number of carbonyl (C=O) groups is 1. The van der Waals surface area contributed by atoms with Gasteiger partial charge in [0.2, 0.25) is 11.8 Å². The molecule has 0 bridgehead atoms. The Morgan fingerprint density at radius 3 is 2.12 bits per heavy atom. The van der Waals surface area contributed by atoms with Gasteiger partial charge in [-0.3, -0.25) is 0 Å². The van der Waals surface area contributed by atoms with Crippen molar-refractivity contribution in [2.75, 3.05) is 14.2 Å². The highest BCUT2D eigenvalue weighted by Gasteiger charge is 2.43. The number of nitriles is 1. The molecule has 59 heavy (non-hydrogen) atoms. The molecule has 2 aromatic heterocycles. The fourth-order valence-corrected chi connectivity index (χ4v) is 5.64.